The predicted molar refractivity (Wildman–Crippen MR) is 67.4 cm³/mol. The molecule has 1 nitrogen and oxygen atoms in total. The first-order valence-corrected chi connectivity index (χ1v) is 5.50. The van der Waals surface area contributed by atoms with Crippen molar-refractivity contribution in [3.8, 4) is 0 Å². The molecular weight excluding hydrogens is 206 g/mol. The Kier molecular flexibility index (Phi) is 4.37. The third-order valence-corrected chi connectivity index (χ3v) is 2.62. The predicted octanol–water partition coefficient (Wildman–Crippen LogP) is 3.88. The zero-order valence-corrected chi connectivity index (χ0v) is 10.5. The van der Waals surface area contributed by atoms with Gasteiger partial charge in [-0.25, -0.2) is 0 Å². The van der Waals surface area contributed by atoms with E-state index in [-0.39, 0.29) is 6.04 Å². The Morgan fingerprint density at radius 3 is 2.60 bits per heavy atom. The zero-order valence-electron chi connectivity index (χ0n) is 9.76. The number of benzene rings is 1. The summed E-state index contributed by atoms with van der Waals surface area (Å²) in [4.78, 5) is 0. The first-order chi connectivity index (χ1) is 7.04. The van der Waals surface area contributed by atoms with Crippen molar-refractivity contribution in [1.29, 1.82) is 0 Å². The van der Waals surface area contributed by atoms with Gasteiger partial charge in [0.15, 0.2) is 0 Å². The molecule has 1 unspecified atom stereocenters. The number of hydrogen-bond acceptors (Lipinski definition) is 1. The van der Waals surface area contributed by atoms with Gasteiger partial charge < -0.3 is 5.32 Å². The van der Waals surface area contributed by atoms with E-state index in [1.165, 1.54) is 16.7 Å². The van der Waals surface area contributed by atoms with E-state index in [0.717, 1.165) is 5.02 Å². The van der Waals surface area contributed by atoms with Crippen molar-refractivity contribution < 1.29 is 0 Å². The Labute approximate surface area is 97.1 Å². The first kappa shape index (κ1) is 12.3. The van der Waals surface area contributed by atoms with E-state index in [0.29, 0.717) is 0 Å². The van der Waals surface area contributed by atoms with Crippen LogP contribution in [0.15, 0.2) is 29.8 Å². The van der Waals surface area contributed by atoms with Gasteiger partial charge in [0.25, 0.3) is 0 Å². The summed E-state index contributed by atoms with van der Waals surface area (Å²) in [5.41, 5.74) is 3.80. The fraction of sp³-hybridized carbons (Fsp3) is 0.385. The van der Waals surface area contributed by atoms with Crippen LogP contribution in [-0.2, 0) is 0 Å². The molecule has 1 atom stereocenters. The summed E-state index contributed by atoms with van der Waals surface area (Å²) in [7, 11) is 1.96. The van der Waals surface area contributed by atoms with Gasteiger partial charge in [0.2, 0.25) is 0 Å². The molecule has 0 saturated carbocycles. The summed E-state index contributed by atoms with van der Waals surface area (Å²) >= 11 is 6.01. The molecule has 2 heteroatoms. The third kappa shape index (κ3) is 3.37. The molecule has 1 N–H and O–H groups in total. The lowest BCUT2D eigenvalue weighted by Gasteiger charge is -2.16. The fourth-order valence-corrected chi connectivity index (χ4v) is 1.79. The monoisotopic (exact) mass is 223 g/mol. The van der Waals surface area contributed by atoms with E-state index < -0.39 is 0 Å². The summed E-state index contributed by atoms with van der Waals surface area (Å²) in [6.45, 7) is 6.31. The van der Waals surface area contributed by atoms with Crippen LogP contribution in [0, 0.1) is 6.92 Å². The van der Waals surface area contributed by atoms with Crippen LogP contribution in [0.25, 0.3) is 0 Å². The average Bonchev–Trinajstić information content (AvgIpc) is 2.18. The van der Waals surface area contributed by atoms with Crippen LogP contribution in [0.4, 0.5) is 0 Å². The molecule has 0 aliphatic heterocycles. The van der Waals surface area contributed by atoms with Crippen molar-refractivity contribution >= 4 is 11.6 Å². The van der Waals surface area contributed by atoms with Gasteiger partial charge in [-0.3, -0.25) is 0 Å². The minimum absolute atomic E-state index is 0.244. The molecule has 0 aliphatic rings. The van der Waals surface area contributed by atoms with Gasteiger partial charge in [-0.05, 0) is 51.1 Å². The molecule has 0 spiro atoms. The van der Waals surface area contributed by atoms with Crippen LogP contribution < -0.4 is 5.32 Å². The Morgan fingerprint density at radius 1 is 1.40 bits per heavy atom. The summed E-state index contributed by atoms with van der Waals surface area (Å²) in [5, 5.41) is 4.07. The number of aryl methyl sites for hydroxylation is 1. The number of halogens is 1. The summed E-state index contributed by atoms with van der Waals surface area (Å²) < 4.78 is 0. The topological polar surface area (TPSA) is 12.0 Å². The molecule has 1 rings (SSSR count). The molecule has 0 fully saturated rings. The Bertz CT molecular complexity index is 365. The van der Waals surface area contributed by atoms with E-state index in [1.807, 2.05) is 19.2 Å². The third-order valence-electron chi connectivity index (χ3n) is 2.39. The second-order valence-electron chi connectivity index (χ2n) is 4.01. The normalized spacial score (nSPS) is 12.3. The number of rotatable bonds is 3. The standard InChI is InChI=1S/C13H18ClN/c1-9(2)7-13(15-4)12-8-11(14)6-5-10(12)3/h5-8,13,15H,1-4H3. The molecule has 0 saturated heterocycles. The van der Waals surface area contributed by atoms with Crippen molar-refractivity contribution in [2.45, 2.75) is 26.8 Å². The highest BCUT2D eigenvalue weighted by atomic mass is 35.5. The zero-order chi connectivity index (χ0) is 11.4. The van der Waals surface area contributed by atoms with E-state index in [4.69, 9.17) is 11.6 Å². The average molecular weight is 224 g/mol. The molecule has 0 amide bonds. The Morgan fingerprint density at radius 2 is 2.07 bits per heavy atom. The molecule has 15 heavy (non-hydrogen) atoms. The number of allylic oxidation sites excluding steroid dienone is 1. The second-order valence-corrected chi connectivity index (χ2v) is 4.45. The van der Waals surface area contributed by atoms with Crippen LogP contribution in [0.5, 0.6) is 0 Å². The highest BCUT2D eigenvalue weighted by Crippen LogP contribution is 2.23. The maximum absolute atomic E-state index is 6.01. The van der Waals surface area contributed by atoms with Crippen LogP contribution in [0.1, 0.15) is 31.0 Å². The van der Waals surface area contributed by atoms with Crippen molar-refractivity contribution in [3.05, 3.63) is 46.0 Å². The van der Waals surface area contributed by atoms with Crippen molar-refractivity contribution in [2.24, 2.45) is 0 Å². The Hall–Kier alpha value is -0.790. The van der Waals surface area contributed by atoms with E-state index in [9.17, 15) is 0 Å². The molecule has 0 heterocycles. The molecule has 1 aromatic carbocycles. The van der Waals surface area contributed by atoms with Crippen molar-refractivity contribution in [3.63, 3.8) is 0 Å². The minimum Gasteiger partial charge on any atom is -0.310 e. The highest BCUT2D eigenvalue weighted by Gasteiger charge is 2.09. The second kappa shape index (κ2) is 5.34. The first-order valence-electron chi connectivity index (χ1n) is 5.13. The summed E-state index contributed by atoms with van der Waals surface area (Å²) in [6, 6.07) is 6.25. The van der Waals surface area contributed by atoms with Crippen molar-refractivity contribution in [1.82, 2.24) is 5.32 Å². The molecule has 0 aliphatic carbocycles. The van der Waals surface area contributed by atoms with Gasteiger partial charge in [0, 0.05) is 5.02 Å². The Balaban J connectivity index is 3.11. The van der Waals surface area contributed by atoms with Crippen LogP contribution in [-0.4, -0.2) is 7.05 Å². The quantitative estimate of drug-likeness (QED) is 0.767. The SMILES string of the molecule is CNC(C=C(C)C)c1cc(Cl)ccc1C. The van der Waals surface area contributed by atoms with Gasteiger partial charge in [-0.15, -0.1) is 0 Å². The highest BCUT2D eigenvalue weighted by molar-refractivity contribution is 6.30. The van der Waals surface area contributed by atoms with E-state index in [2.05, 4.69) is 38.2 Å². The maximum atomic E-state index is 6.01. The lowest BCUT2D eigenvalue weighted by Crippen LogP contribution is -2.15. The minimum atomic E-state index is 0.244. The fourth-order valence-electron chi connectivity index (χ4n) is 1.61. The van der Waals surface area contributed by atoms with Gasteiger partial charge in [0.1, 0.15) is 0 Å². The summed E-state index contributed by atoms with van der Waals surface area (Å²) in [6.07, 6.45) is 2.21. The van der Waals surface area contributed by atoms with E-state index >= 15 is 0 Å². The van der Waals surface area contributed by atoms with Crippen LogP contribution in [0.2, 0.25) is 5.02 Å². The van der Waals surface area contributed by atoms with Gasteiger partial charge >= 0.3 is 0 Å². The summed E-state index contributed by atoms with van der Waals surface area (Å²) in [5.74, 6) is 0. The van der Waals surface area contributed by atoms with Crippen molar-refractivity contribution in [2.75, 3.05) is 7.05 Å². The number of hydrogen-bond donors (Lipinski definition) is 1. The van der Waals surface area contributed by atoms with E-state index in [1.54, 1.807) is 0 Å². The van der Waals surface area contributed by atoms with Gasteiger partial charge in [-0.2, -0.15) is 0 Å². The lowest BCUT2D eigenvalue weighted by atomic mass is 10.00. The molecule has 0 bridgehead atoms. The van der Waals surface area contributed by atoms with Gasteiger partial charge in [-0.1, -0.05) is 29.3 Å². The van der Waals surface area contributed by atoms with Crippen LogP contribution in [0.3, 0.4) is 0 Å². The molecule has 82 valence electrons. The molecule has 0 radical (unpaired) electrons. The largest absolute Gasteiger partial charge is 0.310 e. The molecular formula is C13H18ClN. The van der Waals surface area contributed by atoms with Crippen LogP contribution >= 0.6 is 11.6 Å². The molecule has 1 aromatic rings. The van der Waals surface area contributed by atoms with Gasteiger partial charge in [0.05, 0.1) is 6.04 Å². The molecule has 0 aromatic heterocycles. The smallest absolute Gasteiger partial charge is 0.0509 e. The lowest BCUT2D eigenvalue weighted by molar-refractivity contribution is 0.705. The number of nitrogens with one attached hydrogen (secondary N) is 1. The number of likely N-dealkylation sites (N-methyl/N-ethyl adjacent to an activating group) is 1. The maximum Gasteiger partial charge on any atom is 0.0509 e.